The second-order valence-corrected chi connectivity index (χ2v) is 14.7. The smallest absolute Gasteiger partial charge is 0.0780 e. The zero-order valence-corrected chi connectivity index (χ0v) is 21.3. The summed E-state index contributed by atoms with van der Waals surface area (Å²) in [4.78, 5) is 0. The first-order valence-corrected chi connectivity index (χ1v) is 13.3. The summed E-state index contributed by atoms with van der Waals surface area (Å²) in [6, 6.07) is 0. The second-order valence-electron chi connectivity index (χ2n) is 14.7. The van der Waals surface area contributed by atoms with Crippen LogP contribution in [0, 0.1) is 50.7 Å². The molecule has 0 bridgehead atoms. The van der Waals surface area contributed by atoms with Gasteiger partial charge < -0.3 is 10.2 Å². The highest BCUT2D eigenvalue weighted by molar-refractivity contribution is 5.24. The maximum atomic E-state index is 11.8. The number of hydrogen-bond donors (Lipinski definition) is 2. The molecule has 4 saturated carbocycles. The van der Waals surface area contributed by atoms with Crippen molar-refractivity contribution in [3.05, 3.63) is 12.2 Å². The molecule has 2 nitrogen and oxygen atoms in total. The van der Waals surface area contributed by atoms with Crippen LogP contribution in [0.1, 0.15) is 106 Å². The Balaban J connectivity index is 1.56. The second kappa shape index (κ2) is 6.41. The minimum Gasteiger partial charge on any atom is -0.390 e. The molecule has 0 radical (unpaired) electrons. The quantitative estimate of drug-likeness (QED) is 0.419. The number of allylic oxidation sites excluding steroid dienone is 1. The summed E-state index contributed by atoms with van der Waals surface area (Å²) in [5.74, 6) is 2.18. The van der Waals surface area contributed by atoms with Crippen LogP contribution in [0.3, 0.4) is 0 Å². The maximum absolute atomic E-state index is 11.8. The van der Waals surface area contributed by atoms with Crippen molar-refractivity contribution in [2.75, 3.05) is 0 Å². The number of aliphatic hydroxyl groups is 2. The van der Waals surface area contributed by atoms with Crippen molar-refractivity contribution in [2.24, 2.45) is 50.7 Å². The van der Waals surface area contributed by atoms with E-state index in [1.165, 1.54) is 32.1 Å². The molecule has 0 amide bonds. The van der Waals surface area contributed by atoms with E-state index in [-0.39, 0.29) is 27.8 Å². The number of fused-ring (bicyclic) bond motifs is 7. The molecule has 4 fully saturated rings. The highest BCUT2D eigenvalue weighted by Crippen LogP contribution is 2.75. The molecule has 9 atom stereocenters. The molecular weight excluding hydrogens is 380 g/mol. The van der Waals surface area contributed by atoms with Gasteiger partial charge in [0, 0.05) is 5.41 Å². The lowest BCUT2D eigenvalue weighted by Gasteiger charge is -2.73. The predicted molar refractivity (Wildman–Crippen MR) is 127 cm³/mol. The summed E-state index contributed by atoms with van der Waals surface area (Å²) in [6.07, 6.45) is 14.5. The van der Waals surface area contributed by atoms with E-state index in [0.717, 1.165) is 25.7 Å². The molecule has 2 N–H and O–H groups in total. The van der Waals surface area contributed by atoms with Crippen LogP contribution in [0.2, 0.25) is 0 Å². The monoisotopic (exact) mass is 428 g/mol. The molecule has 0 aromatic carbocycles. The first-order valence-electron chi connectivity index (χ1n) is 13.3. The van der Waals surface area contributed by atoms with Gasteiger partial charge in [-0.1, -0.05) is 60.6 Å². The highest BCUT2D eigenvalue weighted by Gasteiger charge is 2.70. The zero-order chi connectivity index (χ0) is 22.7. The van der Waals surface area contributed by atoms with Crippen molar-refractivity contribution in [2.45, 2.75) is 118 Å². The van der Waals surface area contributed by atoms with Gasteiger partial charge in [0.05, 0.1) is 11.7 Å². The largest absolute Gasteiger partial charge is 0.390 e. The first kappa shape index (κ1) is 22.5. The zero-order valence-electron chi connectivity index (χ0n) is 21.3. The lowest BCUT2D eigenvalue weighted by atomic mass is 9.32. The van der Waals surface area contributed by atoms with Gasteiger partial charge in [0.15, 0.2) is 0 Å². The fraction of sp³-hybridized carbons (Fsp3) is 0.931. The Kier molecular flexibility index (Phi) is 4.64. The summed E-state index contributed by atoms with van der Waals surface area (Å²) in [5.41, 5.74) is 0.543. The molecule has 0 aromatic heterocycles. The van der Waals surface area contributed by atoms with Crippen molar-refractivity contribution in [3.8, 4) is 0 Å². The summed E-state index contributed by atoms with van der Waals surface area (Å²) in [6.45, 7) is 17.3. The van der Waals surface area contributed by atoms with Gasteiger partial charge in [-0.3, -0.25) is 0 Å². The van der Waals surface area contributed by atoms with E-state index in [0.29, 0.717) is 29.1 Å². The SMILES string of the molecule is CC1(C)CC[C@]2(O)CC[C@]3(C)C(CCC4[C@@]5(C)C(O)C=CC(C)(C)C5CC[C@]43C)C2C1. The lowest BCUT2D eigenvalue weighted by molar-refractivity contribution is -0.261. The molecule has 0 aromatic rings. The van der Waals surface area contributed by atoms with Crippen LogP contribution >= 0.6 is 0 Å². The Hall–Kier alpha value is -0.340. The Labute approximate surface area is 191 Å². The average Bonchev–Trinajstić information content (AvgIpc) is 2.67. The van der Waals surface area contributed by atoms with Crippen LogP contribution in [0.5, 0.6) is 0 Å². The molecule has 0 aliphatic heterocycles. The van der Waals surface area contributed by atoms with Gasteiger partial charge in [-0.05, 0) is 103 Å². The summed E-state index contributed by atoms with van der Waals surface area (Å²) >= 11 is 0. The van der Waals surface area contributed by atoms with Gasteiger partial charge in [-0.2, -0.15) is 0 Å². The van der Waals surface area contributed by atoms with Gasteiger partial charge in [0.2, 0.25) is 0 Å². The third-order valence-electron chi connectivity index (χ3n) is 12.6. The van der Waals surface area contributed by atoms with Crippen LogP contribution in [-0.4, -0.2) is 21.9 Å². The third-order valence-corrected chi connectivity index (χ3v) is 12.6. The van der Waals surface area contributed by atoms with Gasteiger partial charge in [-0.25, -0.2) is 0 Å². The minimum atomic E-state index is -0.431. The summed E-state index contributed by atoms with van der Waals surface area (Å²) < 4.78 is 0. The topological polar surface area (TPSA) is 40.5 Å². The van der Waals surface area contributed by atoms with Crippen molar-refractivity contribution < 1.29 is 10.2 Å². The Morgan fingerprint density at radius 2 is 1.39 bits per heavy atom. The van der Waals surface area contributed by atoms with Gasteiger partial charge in [-0.15, -0.1) is 0 Å². The van der Waals surface area contributed by atoms with Crippen LogP contribution in [0.25, 0.3) is 0 Å². The standard InChI is InChI=1S/C29H48O2/c1-24(2)14-16-29(31)17-15-26(5)19(20(29)18-24)8-9-22-27(26,6)13-10-21-25(3,4)12-11-23(30)28(21,22)7/h11-12,19-23,30-31H,8-10,13-18H2,1-7H3/t19?,20?,21?,22?,23?,26-,27-,28+,29+/m1/s1. The molecule has 0 heterocycles. The van der Waals surface area contributed by atoms with E-state index >= 15 is 0 Å². The Morgan fingerprint density at radius 3 is 2.10 bits per heavy atom. The number of aliphatic hydroxyl groups excluding tert-OH is 1. The van der Waals surface area contributed by atoms with E-state index in [9.17, 15) is 10.2 Å². The summed E-state index contributed by atoms with van der Waals surface area (Å²) in [5, 5.41) is 23.2. The van der Waals surface area contributed by atoms with Crippen LogP contribution in [0.4, 0.5) is 0 Å². The van der Waals surface area contributed by atoms with E-state index in [2.05, 4.69) is 60.6 Å². The first-order chi connectivity index (χ1) is 14.2. The predicted octanol–water partition coefficient (Wildman–Crippen LogP) is 6.75. The highest BCUT2D eigenvalue weighted by atomic mass is 16.3. The van der Waals surface area contributed by atoms with E-state index in [1.807, 2.05) is 0 Å². The summed E-state index contributed by atoms with van der Waals surface area (Å²) in [7, 11) is 0. The number of hydrogen-bond acceptors (Lipinski definition) is 2. The molecule has 5 aliphatic carbocycles. The minimum absolute atomic E-state index is 0.0428. The van der Waals surface area contributed by atoms with E-state index < -0.39 is 5.60 Å². The molecule has 5 rings (SSSR count). The molecule has 5 aliphatic rings. The molecule has 5 unspecified atom stereocenters. The molecule has 176 valence electrons. The fourth-order valence-electron chi connectivity index (χ4n) is 10.6. The molecule has 0 spiro atoms. The Bertz CT molecular complexity index is 782. The van der Waals surface area contributed by atoms with E-state index in [1.54, 1.807) is 0 Å². The van der Waals surface area contributed by atoms with Crippen molar-refractivity contribution >= 4 is 0 Å². The van der Waals surface area contributed by atoms with Gasteiger partial charge >= 0.3 is 0 Å². The lowest BCUT2D eigenvalue weighted by Crippen LogP contribution is -2.68. The average molecular weight is 429 g/mol. The van der Waals surface area contributed by atoms with Crippen LogP contribution in [0.15, 0.2) is 12.2 Å². The fourth-order valence-corrected chi connectivity index (χ4v) is 10.6. The van der Waals surface area contributed by atoms with E-state index in [4.69, 9.17) is 0 Å². The molecule has 31 heavy (non-hydrogen) atoms. The normalized spacial score (nSPS) is 57.3. The third kappa shape index (κ3) is 2.76. The van der Waals surface area contributed by atoms with Crippen molar-refractivity contribution in [1.82, 2.24) is 0 Å². The van der Waals surface area contributed by atoms with Crippen LogP contribution in [-0.2, 0) is 0 Å². The Morgan fingerprint density at radius 1 is 0.710 bits per heavy atom. The van der Waals surface area contributed by atoms with Crippen LogP contribution < -0.4 is 0 Å². The maximum Gasteiger partial charge on any atom is 0.0780 e. The van der Waals surface area contributed by atoms with Crippen molar-refractivity contribution in [1.29, 1.82) is 0 Å². The number of rotatable bonds is 0. The van der Waals surface area contributed by atoms with Gasteiger partial charge in [0.25, 0.3) is 0 Å². The molecule has 0 saturated heterocycles. The van der Waals surface area contributed by atoms with Crippen molar-refractivity contribution in [3.63, 3.8) is 0 Å². The van der Waals surface area contributed by atoms with Gasteiger partial charge in [0.1, 0.15) is 0 Å². The molecule has 2 heteroatoms. The molecular formula is C29H48O2.